The van der Waals surface area contributed by atoms with E-state index in [1.807, 2.05) is 4.72 Å². The molecule has 0 radical (unpaired) electrons. The van der Waals surface area contributed by atoms with Gasteiger partial charge in [-0.05, 0) is 19.8 Å². The van der Waals surface area contributed by atoms with Gasteiger partial charge in [0.05, 0.1) is 6.61 Å². The fourth-order valence-corrected chi connectivity index (χ4v) is 3.66. The molecule has 0 spiro atoms. The smallest absolute Gasteiger partial charge is 0.421 e. The molecule has 0 aromatic carbocycles. The SMILES string of the molecule is CCOC(=O)NS(=O)(=O)N(CCN)C1CCCCC1. The van der Waals surface area contributed by atoms with Gasteiger partial charge in [0, 0.05) is 19.1 Å². The van der Waals surface area contributed by atoms with Crippen LogP contribution >= 0.6 is 0 Å². The number of nitrogens with two attached hydrogens (primary N) is 1. The number of nitrogens with one attached hydrogen (secondary N) is 1. The fourth-order valence-electron chi connectivity index (χ4n) is 2.32. The van der Waals surface area contributed by atoms with Crippen molar-refractivity contribution in [2.75, 3.05) is 19.7 Å². The normalized spacial score (nSPS) is 17.4. The third-order valence-electron chi connectivity index (χ3n) is 3.13. The Kier molecular flexibility index (Phi) is 6.53. The Bertz CT molecular complexity index is 379. The molecule has 19 heavy (non-hydrogen) atoms. The van der Waals surface area contributed by atoms with Gasteiger partial charge in [0.1, 0.15) is 0 Å². The van der Waals surface area contributed by atoms with Crippen molar-refractivity contribution in [2.45, 2.75) is 45.1 Å². The van der Waals surface area contributed by atoms with Crippen LogP contribution in [0.5, 0.6) is 0 Å². The van der Waals surface area contributed by atoms with Crippen LogP contribution in [-0.2, 0) is 14.9 Å². The molecule has 3 N–H and O–H groups in total. The van der Waals surface area contributed by atoms with E-state index < -0.39 is 16.3 Å². The van der Waals surface area contributed by atoms with Crippen LogP contribution < -0.4 is 10.5 Å². The molecule has 1 saturated carbocycles. The van der Waals surface area contributed by atoms with Gasteiger partial charge in [0.2, 0.25) is 0 Å². The summed E-state index contributed by atoms with van der Waals surface area (Å²) in [6.07, 6.45) is 3.80. The third kappa shape index (κ3) is 4.96. The van der Waals surface area contributed by atoms with E-state index in [2.05, 4.69) is 4.74 Å². The van der Waals surface area contributed by atoms with Gasteiger partial charge in [-0.3, -0.25) is 0 Å². The van der Waals surface area contributed by atoms with Crippen molar-refractivity contribution in [3.8, 4) is 0 Å². The lowest BCUT2D eigenvalue weighted by molar-refractivity contribution is 0.157. The van der Waals surface area contributed by atoms with Crippen LogP contribution in [0.15, 0.2) is 0 Å². The average Bonchev–Trinajstić information content (AvgIpc) is 2.36. The first-order valence-corrected chi connectivity index (χ1v) is 8.11. The topological polar surface area (TPSA) is 102 Å². The van der Waals surface area contributed by atoms with Crippen LogP contribution in [-0.4, -0.2) is 44.6 Å². The molecule has 0 unspecified atom stereocenters. The molecule has 1 aliphatic rings. The molecule has 1 fully saturated rings. The van der Waals surface area contributed by atoms with Gasteiger partial charge in [0.15, 0.2) is 0 Å². The van der Waals surface area contributed by atoms with E-state index in [1.165, 1.54) is 4.31 Å². The average molecular weight is 293 g/mol. The van der Waals surface area contributed by atoms with Crippen LogP contribution in [0.25, 0.3) is 0 Å². The Hall–Kier alpha value is -0.860. The summed E-state index contributed by atoms with van der Waals surface area (Å²) in [5.41, 5.74) is 5.47. The second-order valence-electron chi connectivity index (χ2n) is 4.52. The Labute approximate surface area is 114 Å². The molecule has 0 heterocycles. The summed E-state index contributed by atoms with van der Waals surface area (Å²) >= 11 is 0. The van der Waals surface area contributed by atoms with Crippen molar-refractivity contribution >= 4 is 16.3 Å². The largest absolute Gasteiger partial charge is 0.449 e. The van der Waals surface area contributed by atoms with Crippen LogP contribution in [0.2, 0.25) is 0 Å². The maximum atomic E-state index is 12.2. The summed E-state index contributed by atoms with van der Waals surface area (Å²) in [6.45, 7) is 2.17. The van der Waals surface area contributed by atoms with Gasteiger partial charge < -0.3 is 10.5 Å². The Morgan fingerprint density at radius 3 is 2.53 bits per heavy atom. The summed E-state index contributed by atoms with van der Waals surface area (Å²) in [6, 6.07) is -0.0794. The molecule has 0 saturated heterocycles. The van der Waals surface area contributed by atoms with Gasteiger partial charge >= 0.3 is 16.3 Å². The van der Waals surface area contributed by atoms with Gasteiger partial charge in [-0.15, -0.1) is 0 Å². The zero-order chi connectivity index (χ0) is 14.3. The quantitative estimate of drug-likeness (QED) is 0.745. The summed E-state index contributed by atoms with van der Waals surface area (Å²) in [7, 11) is -3.88. The number of hydrogen-bond acceptors (Lipinski definition) is 5. The molecule has 0 atom stereocenters. The number of ether oxygens (including phenoxy) is 1. The highest BCUT2D eigenvalue weighted by atomic mass is 32.2. The van der Waals surface area contributed by atoms with Crippen LogP contribution in [0.1, 0.15) is 39.0 Å². The van der Waals surface area contributed by atoms with E-state index in [-0.39, 0.29) is 25.7 Å². The highest BCUT2D eigenvalue weighted by Crippen LogP contribution is 2.24. The monoisotopic (exact) mass is 293 g/mol. The number of carbonyl (C=O) groups excluding carboxylic acids is 1. The molecular formula is C11H23N3O4S. The molecule has 1 aliphatic carbocycles. The van der Waals surface area contributed by atoms with Gasteiger partial charge in [-0.1, -0.05) is 19.3 Å². The van der Waals surface area contributed by atoms with E-state index in [1.54, 1.807) is 6.92 Å². The standard InChI is InChI=1S/C11H23N3O4S/c1-2-18-11(15)13-19(16,17)14(9-8-12)10-6-4-3-5-7-10/h10H,2-9,12H2,1H3,(H,13,15). The Morgan fingerprint density at radius 1 is 1.37 bits per heavy atom. The van der Waals surface area contributed by atoms with Crippen molar-refractivity contribution in [2.24, 2.45) is 5.73 Å². The molecule has 0 aromatic heterocycles. The maximum absolute atomic E-state index is 12.2. The second kappa shape index (κ2) is 7.66. The Balaban J connectivity index is 2.74. The predicted octanol–water partition coefficient (Wildman–Crippen LogP) is 0.571. The van der Waals surface area contributed by atoms with E-state index in [0.717, 1.165) is 32.1 Å². The molecule has 112 valence electrons. The first-order chi connectivity index (χ1) is 9.01. The molecule has 1 rings (SSSR count). The van der Waals surface area contributed by atoms with Crippen molar-refractivity contribution in [1.29, 1.82) is 0 Å². The van der Waals surface area contributed by atoms with E-state index >= 15 is 0 Å². The molecule has 8 heteroatoms. The fraction of sp³-hybridized carbons (Fsp3) is 0.909. The number of hydrogen-bond donors (Lipinski definition) is 2. The predicted molar refractivity (Wildman–Crippen MR) is 71.7 cm³/mol. The number of rotatable bonds is 6. The molecular weight excluding hydrogens is 270 g/mol. The Morgan fingerprint density at radius 2 is 2.00 bits per heavy atom. The number of nitrogens with zero attached hydrogens (tertiary/aromatic N) is 1. The van der Waals surface area contributed by atoms with Crippen molar-refractivity contribution in [3.05, 3.63) is 0 Å². The van der Waals surface area contributed by atoms with Gasteiger partial charge in [0.25, 0.3) is 0 Å². The minimum absolute atomic E-state index is 0.0794. The van der Waals surface area contributed by atoms with Crippen LogP contribution in [0, 0.1) is 0 Å². The van der Waals surface area contributed by atoms with Crippen molar-refractivity contribution in [1.82, 2.24) is 9.03 Å². The third-order valence-corrected chi connectivity index (χ3v) is 4.65. The minimum atomic E-state index is -3.88. The van der Waals surface area contributed by atoms with E-state index in [4.69, 9.17) is 5.73 Å². The highest BCUT2D eigenvalue weighted by Gasteiger charge is 2.31. The first kappa shape index (κ1) is 16.2. The molecule has 0 aliphatic heterocycles. The molecule has 0 bridgehead atoms. The summed E-state index contributed by atoms with van der Waals surface area (Å²) in [5.74, 6) is 0. The summed E-state index contributed by atoms with van der Waals surface area (Å²) < 4.78 is 32.1. The lowest BCUT2D eigenvalue weighted by Gasteiger charge is -2.32. The zero-order valence-corrected chi connectivity index (χ0v) is 12.1. The summed E-state index contributed by atoms with van der Waals surface area (Å²) in [5, 5.41) is 0. The second-order valence-corrected chi connectivity index (χ2v) is 6.14. The molecule has 0 aromatic rings. The van der Waals surface area contributed by atoms with Crippen molar-refractivity contribution in [3.63, 3.8) is 0 Å². The van der Waals surface area contributed by atoms with E-state index in [0.29, 0.717) is 0 Å². The lowest BCUT2D eigenvalue weighted by Crippen LogP contribution is -2.50. The molecule has 1 amide bonds. The van der Waals surface area contributed by atoms with Gasteiger partial charge in [-0.2, -0.15) is 12.7 Å². The van der Waals surface area contributed by atoms with Crippen molar-refractivity contribution < 1.29 is 17.9 Å². The number of amides is 1. The molecule has 7 nitrogen and oxygen atoms in total. The maximum Gasteiger partial charge on any atom is 0.421 e. The zero-order valence-electron chi connectivity index (χ0n) is 11.3. The lowest BCUT2D eigenvalue weighted by atomic mass is 9.95. The van der Waals surface area contributed by atoms with Crippen LogP contribution in [0.4, 0.5) is 4.79 Å². The summed E-state index contributed by atoms with van der Waals surface area (Å²) in [4.78, 5) is 11.3. The van der Waals surface area contributed by atoms with Gasteiger partial charge in [-0.25, -0.2) is 9.52 Å². The van der Waals surface area contributed by atoms with Crippen LogP contribution in [0.3, 0.4) is 0 Å². The van der Waals surface area contributed by atoms with E-state index in [9.17, 15) is 13.2 Å². The minimum Gasteiger partial charge on any atom is -0.449 e. The first-order valence-electron chi connectivity index (χ1n) is 6.67. The highest BCUT2D eigenvalue weighted by molar-refractivity contribution is 7.87. The number of carbonyl (C=O) groups is 1.